The van der Waals surface area contributed by atoms with Gasteiger partial charge in [0.1, 0.15) is 5.00 Å². The molecule has 2 rings (SSSR count). The molecule has 5 heteroatoms. The first-order valence-electron chi connectivity index (χ1n) is 5.99. The molecule has 0 bridgehead atoms. The van der Waals surface area contributed by atoms with E-state index in [2.05, 4.69) is 40.9 Å². The minimum Gasteiger partial charge on any atom is -0.464 e. The Bertz CT molecular complexity index is 576. The monoisotopic (exact) mass is 276 g/mol. The van der Waals surface area contributed by atoms with Crippen LogP contribution in [-0.2, 0) is 17.6 Å². The number of thiazole rings is 1. The van der Waals surface area contributed by atoms with Gasteiger partial charge < -0.3 is 10.5 Å². The fourth-order valence-corrected chi connectivity index (χ4v) is 2.55. The number of nitrogen functional groups attached to an aromatic ring is 1. The van der Waals surface area contributed by atoms with Crippen LogP contribution < -0.4 is 5.73 Å². The number of nitrogens with two attached hydrogens (primary N) is 1. The number of esters is 1. The highest BCUT2D eigenvalue weighted by molar-refractivity contribution is 7.15. The molecule has 0 radical (unpaired) electrons. The Morgan fingerprint density at radius 3 is 2.63 bits per heavy atom. The fourth-order valence-electron chi connectivity index (χ4n) is 1.73. The average Bonchev–Trinajstić information content (AvgIpc) is 2.78. The number of anilines is 1. The van der Waals surface area contributed by atoms with E-state index in [4.69, 9.17) is 5.73 Å². The number of carbonyl (C=O) groups is 1. The summed E-state index contributed by atoms with van der Waals surface area (Å²) in [6.07, 6.45) is 1.66. The van der Waals surface area contributed by atoms with Crippen molar-refractivity contribution in [3.05, 3.63) is 46.1 Å². The molecule has 100 valence electrons. The molecule has 0 amide bonds. The Labute approximate surface area is 116 Å². The third-order valence-corrected chi connectivity index (χ3v) is 3.77. The van der Waals surface area contributed by atoms with Gasteiger partial charge in [-0.05, 0) is 18.9 Å². The number of ether oxygens (including phenoxy) is 1. The SMILES string of the molecule is COC(=O)c1nc(CCc2ccc(C)cc2)sc1N. The lowest BCUT2D eigenvalue weighted by molar-refractivity contribution is 0.0596. The fraction of sp³-hybridized carbons (Fsp3) is 0.286. The molecule has 1 aromatic heterocycles. The zero-order chi connectivity index (χ0) is 13.8. The highest BCUT2D eigenvalue weighted by atomic mass is 32.1. The maximum atomic E-state index is 11.4. The van der Waals surface area contributed by atoms with Gasteiger partial charge in [0.05, 0.1) is 12.1 Å². The second-order valence-electron chi connectivity index (χ2n) is 4.30. The number of aromatic nitrogens is 1. The van der Waals surface area contributed by atoms with E-state index in [9.17, 15) is 4.79 Å². The summed E-state index contributed by atoms with van der Waals surface area (Å²) in [6, 6.07) is 8.39. The number of hydrogen-bond donors (Lipinski definition) is 1. The van der Waals surface area contributed by atoms with Crippen molar-refractivity contribution in [2.45, 2.75) is 19.8 Å². The Kier molecular flexibility index (Phi) is 4.16. The molecule has 1 aromatic carbocycles. The molecule has 2 N–H and O–H groups in total. The van der Waals surface area contributed by atoms with Crippen LogP contribution in [0, 0.1) is 6.92 Å². The average molecular weight is 276 g/mol. The Hall–Kier alpha value is -1.88. The second kappa shape index (κ2) is 5.84. The Balaban J connectivity index is 2.04. The van der Waals surface area contributed by atoms with Crippen LogP contribution in [0.1, 0.15) is 26.6 Å². The molecule has 0 unspecified atom stereocenters. The maximum absolute atomic E-state index is 11.4. The van der Waals surface area contributed by atoms with Gasteiger partial charge in [-0.25, -0.2) is 9.78 Å². The van der Waals surface area contributed by atoms with Gasteiger partial charge in [0.25, 0.3) is 0 Å². The maximum Gasteiger partial charge on any atom is 0.359 e. The van der Waals surface area contributed by atoms with Crippen molar-refractivity contribution in [2.75, 3.05) is 12.8 Å². The smallest absolute Gasteiger partial charge is 0.359 e. The van der Waals surface area contributed by atoms with Crippen molar-refractivity contribution in [1.29, 1.82) is 0 Å². The lowest BCUT2D eigenvalue weighted by Gasteiger charge is -1.99. The van der Waals surface area contributed by atoms with Crippen LogP contribution in [-0.4, -0.2) is 18.1 Å². The van der Waals surface area contributed by atoms with Crippen LogP contribution in [0.5, 0.6) is 0 Å². The van der Waals surface area contributed by atoms with Gasteiger partial charge in [-0.15, -0.1) is 11.3 Å². The summed E-state index contributed by atoms with van der Waals surface area (Å²) in [4.78, 5) is 15.6. The number of rotatable bonds is 4. The largest absolute Gasteiger partial charge is 0.464 e. The number of carbonyl (C=O) groups excluding carboxylic acids is 1. The Morgan fingerprint density at radius 1 is 1.32 bits per heavy atom. The number of benzene rings is 1. The number of methoxy groups -OCH3 is 1. The van der Waals surface area contributed by atoms with Gasteiger partial charge in [-0.3, -0.25) is 0 Å². The molecule has 19 heavy (non-hydrogen) atoms. The van der Waals surface area contributed by atoms with E-state index in [1.165, 1.54) is 29.6 Å². The summed E-state index contributed by atoms with van der Waals surface area (Å²) < 4.78 is 4.63. The molecule has 0 aliphatic rings. The van der Waals surface area contributed by atoms with Crippen molar-refractivity contribution >= 4 is 22.3 Å². The molecule has 2 aromatic rings. The molecule has 4 nitrogen and oxygen atoms in total. The highest BCUT2D eigenvalue weighted by Crippen LogP contribution is 2.23. The van der Waals surface area contributed by atoms with Gasteiger partial charge in [0.2, 0.25) is 0 Å². The second-order valence-corrected chi connectivity index (χ2v) is 5.41. The van der Waals surface area contributed by atoms with Crippen LogP contribution in [0.15, 0.2) is 24.3 Å². The highest BCUT2D eigenvalue weighted by Gasteiger charge is 2.16. The summed E-state index contributed by atoms with van der Waals surface area (Å²) in [7, 11) is 1.33. The van der Waals surface area contributed by atoms with E-state index < -0.39 is 5.97 Å². The van der Waals surface area contributed by atoms with Gasteiger partial charge in [-0.2, -0.15) is 0 Å². The lowest BCUT2D eigenvalue weighted by Crippen LogP contribution is -2.04. The van der Waals surface area contributed by atoms with Crippen LogP contribution in [0.2, 0.25) is 0 Å². The molecule has 0 fully saturated rings. The van der Waals surface area contributed by atoms with E-state index in [0.29, 0.717) is 5.00 Å². The molecule has 0 aliphatic heterocycles. The Morgan fingerprint density at radius 2 is 2.00 bits per heavy atom. The summed E-state index contributed by atoms with van der Waals surface area (Å²) in [5.41, 5.74) is 8.48. The van der Waals surface area contributed by atoms with Crippen molar-refractivity contribution < 1.29 is 9.53 Å². The minimum absolute atomic E-state index is 0.228. The summed E-state index contributed by atoms with van der Waals surface area (Å²) in [6.45, 7) is 2.06. The normalized spacial score (nSPS) is 10.4. The summed E-state index contributed by atoms with van der Waals surface area (Å²) in [5.74, 6) is -0.477. The van der Waals surface area contributed by atoms with Crippen molar-refractivity contribution in [2.24, 2.45) is 0 Å². The third kappa shape index (κ3) is 3.32. The number of hydrogen-bond acceptors (Lipinski definition) is 5. The van der Waals surface area contributed by atoms with Crippen molar-refractivity contribution in [1.82, 2.24) is 4.98 Å². The summed E-state index contributed by atoms with van der Waals surface area (Å²) in [5, 5.41) is 1.28. The molecule has 0 spiro atoms. The quantitative estimate of drug-likeness (QED) is 0.872. The minimum atomic E-state index is -0.477. The van der Waals surface area contributed by atoms with Crippen LogP contribution >= 0.6 is 11.3 Å². The number of aryl methyl sites for hydroxylation is 3. The van der Waals surface area contributed by atoms with Gasteiger partial charge in [0, 0.05) is 6.42 Å². The van der Waals surface area contributed by atoms with Gasteiger partial charge in [0.15, 0.2) is 5.69 Å². The third-order valence-electron chi connectivity index (χ3n) is 2.82. The molecule has 0 saturated carbocycles. The van der Waals surface area contributed by atoms with E-state index >= 15 is 0 Å². The van der Waals surface area contributed by atoms with E-state index in [1.54, 1.807) is 0 Å². The molecule has 1 heterocycles. The van der Waals surface area contributed by atoms with Gasteiger partial charge >= 0.3 is 5.97 Å². The molecular weight excluding hydrogens is 260 g/mol. The van der Waals surface area contributed by atoms with Crippen molar-refractivity contribution in [3.63, 3.8) is 0 Å². The predicted molar refractivity (Wildman–Crippen MR) is 76.5 cm³/mol. The van der Waals surface area contributed by atoms with E-state index in [1.807, 2.05) is 0 Å². The van der Waals surface area contributed by atoms with E-state index in [0.717, 1.165) is 17.8 Å². The summed E-state index contributed by atoms with van der Waals surface area (Å²) >= 11 is 1.35. The van der Waals surface area contributed by atoms with Crippen LogP contribution in [0.3, 0.4) is 0 Å². The molecule has 0 atom stereocenters. The van der Waals surface area contributed by atoms with E-state index in [-0.39, 0.29) is 5.69 Å². The first-order valence-corrected chi connectivity index (χ1v) is 6.81. The predicted octanol–water partition coefficient (Wildman–Crippen LogP) is 2.61. The zero-order valence-corrected chi connectivity index (χ0v) is 11.8. The molecular formula is C14H16N2O2S. The van der Waals surface area contributed by atoms with Crippen molar-refractivity contribution in [3.8, 4) is 0 Å². The first kappa shape index (κ1) is 13.5. The standard InChI is InChI=1S/C14H16N2O2S/c1-9-3-5-10(6-4-9)7-8-11-16-12(13(15)19-11)14(17)18-2/h3-6H,7-8,15H2,1-2H3. The zero-order valence-electron chi connectivity index (χ0n) is 11.0. The lowest BCUT2D eigenvalue weighted by atomic mass is 10.1. The first-order chi connectivity index (χ1) is 9.10. The molecule has 0 aliphatic carbocycles. The molecule has 0 saturated heterocycles. The number of nitrogens with zero attached hydrogens (tertiary/aromatic N) is 1. The van der Waals surface area contributed by atoms with Gasteiger partial charge in [-0.1, -0.05) is 29.8 Å². The van der Waals surface area contributed by atoms with Crippen LogP contribution in [0.4, 0.5) is 5.00 Å². The van der Waals surface area contributed by atoms with Crippen LogP contribution in [0.25, 0.3) is 0 Å². The topological polar surface area (TPSA) is 65.2 Å².